The molecule has 1 nitrogen and oxygen atoms in total. The fourth-order valence-corrected chi connectivity index (χ4v) is 3.91. The lowest BCUT2D eigenvalue weighted by Gasteiger charge is -2.08. The Morgan fingerprint density at radius 2 is 0.583 bits per heavy atom. The largest absolute Gasteiger partial charge is 0.258 e. The highest BCUT2D eigenvalue weighted by atomic mass is 14.7. The molecule has 0 saturated heterocycles. The van der Waals surface area contributed by atoms with E-state index < -0.39 is 0 Å². The monoisotopic (exact) mass is 479 g/mol. The summed E-state index contributed by atoms with van der Waals surface area (Å²) in [6, 6.07) is 20.0. The number of nitrogens with zero attached hydrogens (tertiary/aromatic N) is 1. The van der Waals surface area contributed by atoms with Crippen LogP contribution in [0.15, 0.2) is 54.6 Å². The van der Waals surface area contributed by atoms with Gasteiger partial charge in [-0.05, 0) is 150 Å². The van der Waals surface area contributed by atoms with Crippen LogP contribution in [0.4, 0.5) is 0 Å². The third kappa shape index (κ3) is 7.92. The minimum Gasteiger partial charge on any atom is -0.258 e. The number of rotatable bonds is 1. The van der Waals surface area contributed by atoms with E-state index in [4.69, 9.17) is 0 Å². The van der Waals surface area contributed by atoms with Crippen LogP contribution in [0.2, 0.25) is 0 Å². The minimum atomic E-state index is 1.14. The second-order valence-corrected chi connectivity index (χ2v) is 10.4. The summed E-state index contributed by atoms with van der Waals surface area (Å²) in [6.45, 7) is 25.5. The van der Waals surface area contributed by atoms with Crippen molar-refractivity contribution >= 4 is 0 Å². The summed E-state index contributed by atoms with van der Waals surface area (Å²) in [6.07, 6.45) is 0. The van der Waals surface area contributed by atoms with Crippen LogP contribution < -0.4 is 0 Å². The average molecular weight is 480 g/mol. The van der Waals surface area contributed by atoms with E-state index in [2.05, 4.69) is 129 Å². The van der Waals surface area contributed by atoms with Gasteiger partial charge in [-0.3, -0.25) is 4.98 Å². The normalized spacial score (nSPS) is 10.2. The molecule has 1 heterocycles. The van der Waals surface area contributed by atoms with E-state index in [0.29, 0.717) is 0 Å². The zero-order chi connectivity index (χ0) is 27.2. The number of aromatic nitrogens is 1. The average Bonchev–Trinajstić information content (AvgIpc) is 2.81. The van der Waals surface area contributed by atoms with E-state index in [9.17, 15) is 0 Å². The predicted octanol–water partition coefficient (Wildman–Crippen LogP) is 9.82. The van der Waals surface area contributed by atoms with Gasteiger partial charge in [0.15, 0.2) is 0 Å². The lowest BCUT2D eigenvalue weighted by molar-refractivity contribution is 1.06. The molecule has 0 saturated carbocycles. The number of hydrogen-bond acceptors (Lipinski definition) is 1. The molecule has 0 atom stereocenters. The maximum atomic E-state index is 4.37. The van der Waals surface area contributed by atoms with Gasteiger partial charge in [-0.1, -0.05) is 54.6 Å². The van der Waals surface area contributed by atoms with Crippen LogP contribution in [0, 0.1) is 83.1 Å². The first-order chi connectivity index (χ1) is 16.8. The van der Waals surface area contributed by atoms with Gasteiger partial charge >= 0.3 is 0 Å². The Balaban J connectivity index is 0.000000200. The third-order valence-corrected chi connectivity index (χ3v) is 7.37. The number of aryl methyl sites for hydroxylation is 12. The fraction of sp³-hybridized carbons (Fsp3) is 0.343. The summed E-state index contributed by atoms with van der Waals surface area (Å²) in [4.78, 5) is 4.37. The molecule has 0 aliphatic rings. The topological polar surface area (TPSA) is 12.9 Å². The highest BCUT2D eigenvalue weighted by Crippen LogP contribution is 2.24. The zero-order valence-electron chi connectivity index (χ0n) is 24.6. The fourth-order valence-electron chi connectivity index (χ4n) is 3.91. The summed E-state index contributed by atoms with van der Waals surface area (Å²) in [7, 11) is 0. The van der Waals surface area contributed by atoms with E-state index in [-0.39, 0.29) is 0 Å². The second kappa shape index (κ2) is 12.7. The van der Waals surface area contributed by atoms with Crippen LogP contribution in [0.25, 0.3) is 11.1 Å². The standard InChI is InChI=1S/C16H18.C10H14.C9H13N/c1-11-5-7-15(9-13(11)3)16-8-6-12(2)14(4)10-16;1-7-5-9(3)10(4)6-8(7)2;1-6-5-7(2)9(4)10-8(6)3/h5-10H,1-4H3;5-6H,1-4H3;5H,1-4H3. The maximum absolute atomic E-state index is 4.37. The Morgan fingerprint density at radius 3 is 0.861 bits per heavy atom. The van der Waals surface area contributed by atoms with Crippen molar-refractivity contribution in [2.75, 3.05) is 0 Å². The molecule has 0 radical (unpaired) electrons. The number of hydrogen-bond donors (Lipinski definition) is 0. The predicted molar refractivity (Wildman–Crippen MR) is 159 cm³/mol. The Morgan fingerprint density at radius 1 is 0.306 bits per heavy atom. The molecule has 0 aliphatic heterocycles. The molecule has 0 N–H and O–H groups in total. The Hall–Kier alpha value is -3.19. The summed E-state index contributed by atoms with van der Waals surface area (Å²) in [5, 5.41) is 0. The molecule has 36 heavy (non-hydrogen) atoms. The molecule has 3 aromatic carbocycles. The molecule has 0 unspecified atom stereocenters. The van der Waals surface area contributed by atoms with Gasteiger partial charge < -0.3 is 0 Å². The van der Waals surface area contributed by atoms with Crippen LogP contribution in [0.5, 0.6) is 0 Å². The Kier molecular flexibility index (Phi) is 10.2. The van der Waals surface area contributed by atoms with Crippen molar-refractivity contribution in [1.82, 2.24) is 4.98 Å². The van der Waals surface area contributed by atoms with E-state index in [0.717, 1.165) is 11.4 Å². The highest BCUT2D eigenvalue weighted by molar-refractivity contribution is 5.66. The summed E-state index contributed by atoms with van der Waals surface area (Å²) < 4.78 is 0. The third-order valence-electron chi connectivity index (χ3n) is 7.37. The first-order valence-electron chi connectivity index (χ1n) is 12.9. The van der Waals surface area contributed by atoms with E-state index in [1.807, 2.05) is 13.8 Å². The first-order valence-corrected chi connectivity index (χ1v) is 12.9. The van der Waals surface area contributed by atoms with Crippen LogP contribution in [-0.2, 0) is 0 Å². The quantitative estimate of drug-likeness (QED) is 0.265. The molecule has 0 aliphatic carbocycles. The van der Waals surface area contributed by atoms with Crippen LogP contribution in [0.3, 0.4) is 0 Å². The minimum absolute atomic E-state index is 1.14. The van der Waals surface area contributed by atoms with Crippen molar-refractivity contribution in [3.63, 3.8) is 0 Å². The molecule has 0 bridgehead atoms. The molecular weight excluding hydrogens is 434 g/mol. The second-order valence-electron chi connectivity index (χ2n) is 10.4. The first kappa shape index (κ1) is 29.0. The number of pyridine rings is 1. The molecule has 1 aromatic heterocycles. The maximum Gasteiger partial charge on any atom is 0.0405 e. The molecule has 4 aromatic rings. The van der Waals surface area contributed by atoms with Crippen molar-refractivity contribution in [3.8, 4) is 11.1 Å². The summed E-state index contributed by atoms with van der Waals surface area (Å²) in [5.74, 6) is 0. The molecule has 0 spiro atoms. The molecule has 1 heteroatoms. The van der Waals surface area contributed by atoms with Crippen LogP contribution in [-0.4, -0.2) is 4.98 Å². The van der Waals surface area contributed by atoms with Crippen LogP contribution in [0.1, 0.15) is 67.0 Å². The van der Waals surface area contributed by atoms with Gasteiger partial charge in [-0.2, -0.15) is 0 Å². The van der Waals surface area contributed by atoms with Gasteiger partial charge in [0.2, 0.25) is 0 Å². The lowest BCUT2D eigenvalue weighted by atomic mass is 9.98. The van der Waals surface area contributed by atoms with Gasteiger partial charge in [-0.25, -0.2) is 0 Å². The lowest BCUT2D eigenvalue weighted by Crippen LogP contribution is -1.92. The summed E-state index contributed by atoms with van der Waals surface area (Å²) >= 11 is 0. The van der Waals surface area contributed by atoms with Crippen molar-refractivity contribution in [3.05, 3.63) is 122 Å². The SMILES string of the molecule is Cc1cc(C)c(C)cc1C.Cc1cc(C)c(C)nc1C.Cc1ccc(-c2ccc(C)c(C)c2)cc1C. The Bertz CT molecular complexity index is 1140. The van der Waals surface area contributed by atoms with Crippen molar-refractivity contribution in [2.45, 2.75) is 83.1 Å². The highest BCUT2D eigenvalue weighted by Gasteiger charge is 2.01. The molecular formula is C35H45N. The van der Waals surface area contributed by atoms with Gasteiger partial charge in [-0.15, -0.1) is 0 Å². The van der Waals surface area contributed by atoms with E-state index in [1.165, 1.54) is 66.8 Å². The molecule has 0 amide bonds. The molecule has 190 valence electrons. The van der Waals surface area contributed by atoms with E-state index >= 15 is 0 Å². The van der Waals surface area contributed by atoms with Crippen LogP contribution >= 0.6 is 0 Å². The Labute approximate surface area is 220 Å². The van der Waals surface area contributed by atoms with Crippen molar-refractivity contribution < 1.29 is 0 Å². The van der Waals surface area contributed by atoms with Crippen molar-refractivity contribution in [1.29, 1.82) is 0 Å². The number of benzene rings is 3. The van der Waals surface area contributed by atoms with Gasteiger partial charge in [0.1, 0.15) is 0 Å². The zero-order valence-corrected chi connectivity index (χ0v) is 24.6. The molecule has 0 fully saturated rings. The molecule has 4 rings (SSSR count). The van der Waals surface area contributed by atoms with Crippen molar-refractivity contribution in [2.24, 2.45) is 0 Å². The van der Waals surface area contributed by atoms with E-state index in [1.54, 1.807) is 0 Å². The van der Waals surface area contributed by atoms with Gasteiger partial charge in [0, 0.05) is 11.4 Å². The van der Waals surface area contributed by atoms with Gasteiger partial charge in [0.25, 0.3) is 0 Å². The van der Waals surface area contributed by atoms with Gasteiger partial charge in [0.05, 0.1) is 0 Å². The smallest absolute Gasteiger partial charge is 0.0405 e. The summed E-state index contributed by atoms with van der Waals surface area (Å²) in [5.41, 5.74) is 18.5.